The maximum absolute atomic E-state index is 14.4. The molecule has 1 N–H and O–H groups in total. The number of nitrogens with zero attached hydrogens (tertiary/aromatic N) is 1. The molecule has 1 heterocycles. The van der Waals surface area contributed by atoms with Crippen molar-refractivity contribution < 1.29 is 9.13 Å². The van der Waals surface area contributed by atoms with Gasteiger partial charge < -0.3 is 10.1 Å². The zero-order valence-corrected chi connectivity index (χ0v) is 12.9. The van der Waals surface area contributed by atoms with Crippen LogP contribution in [0, 0.1) is 17.1 Å². The van der Waals surface area contributed by atoms with Gasteiger partial charge in [0.1, 0.15) is 17.5 Å². The Bertz CT molecular complexity index is 824. The third-order valence-electron chi connectivity index (χ3n) is 3.68. The summed E-state index contributed by atoms with van der Waals surface area (Å²) in [6, 6.07) is 12.2. The summed E-state index contributed by atoms with van der Waals surface area (Å²) >= 11 is 5.08. The second-order valence-corrected chi connectivity index (χ2v) is 5.93. The lowest BCUT2D eigenvalue weighted by Gasteiger charge is -2.34. The molecule has 2 aromatic carbocycles. The average Bonchev–Trinajstić information content (AvgIpc) is 2.46. The molecule has 0 bridgehead atoms. The van der Waals surface area contributed by atoms with Gasteiger partial charge in [0.25, 0.3) is 5.17 Å². The van der Waals surface area contributed by atoms with Crippen LogP contribution in [0.25, 0.3) is 11.1 Å². The van der Waals surface area contributed by atoms with Crippen molar-refractivity contribution in [1.82, 2.24) is 0 Å². The topological polar surface area (TPSA) is 45.0 Å². The Balaban J connectivity index is 2.16. The fourth-order valence-corrected chi connectivity index (χ4v) is 2.90. The van der Waals surface area contributed by atoms with E-state index in [2.05, 4.69) is 5.32 Å². The molecule has 0 spiro atoms. The number of anilines is 1. The molecule has 0 fully saturated rings. The molecule has 0 saturated carbocycles. The monoisotopic (exact) mass is 312 g/mol. The van der Waals surface area contributed by atoms with Gasteiger partial charge in [-0.1, -0.05) is 18.2 Å². The first-order valence-electron chi connectivity index (χ1n) is 6.76. The van der Waals surface area contributed by atoms with Crippen molar-refractivity contribution in [2.75, 3.05) is 5.32 Å². The van der Waals surface area contributed by atoms with Crippen molar-refractivity contribution in [3.05, 3.63) is 53.3 Å². The minimum Gasteiger partial charge on any atom is -0.460 e. The Kier molecular flexibility index (Phi) is 3.34. The first-order valence-corrected chi connectivity index (χ1v) is 7.17. The predicted molar refractivity (Wildman–Crippen MR) is 86.9 cm³/mol. The summed E-state index contributed by atoms with van der Waals surface area (Å²) in [5.41, 5.74) is 2.26. The summed E-state index contributed by atoms with van der Waals surface area (Å²) in [4.78, 5) is 0. The Labute approximate surface area is 133 Å². The minimum atomic E-state index is -0.600. The van der Waals surface area contributed by atoms with Crippen LogP contribution in [0.1, 0.15) is 25.0 Å². The molecule has 5 heteroatoms. The second kappa shape index (κ2) is 5.08. The Morgan fingerprint density at radius 2 is 2.05 bits per heavy atom. The number of hydrogen-bond acceptors (Lipinski definition) is 3. The van der Waals surface area contributed by atoms with Crippen molar-refractivity contribution in [2.24, 2.45) is 0 Å². The minimum absolute atomic E-state index is 0.0324. The first kappa shape index (κ1) is 14.5. The maximum Gasteiger partial charge on any atom is 0.262 e. The third kappa shape index (κ3) is 2.32. The van der Waals surface area contributed by atoms with Gasteiger partial charge in [0.15, 0.2) is 0 Å². The quantitative estimate of drug-likeness (QED) is 0.796. The van der Waals surface area contributed by atoms with Gasteiger partial charge in [-0.3, -0.25) is 0 Å². The van der Waals surface area contributed by atoms with Crippen LogP contribution in [0.2, 0.25) is 0 Å². The van der Waals surface area contributed by atoms with Crippen LogP contribution in [-0.2, 0) is 10.3 Å². The summed E-state index contributed by atoms with van der Waals surface area (Å²) in [6.07, 6.45) is 0. The van der Waals surface area contributed by atoms with E-state index in [9.17, 15) is 4.39 Å². The average molecular weight is 312 g/mol. The molecular weight excluding hydrogens is 299 g/mol. The van der Waals surface area contributed by atoms with Crippen LogP contribution in [0.15, 0.2) is 36.4 Å². The molecule has 0 atom stereocenters. The lowest BCUT2D eigenvalue weighted by Crippen LogP contribution is -2.34. The molecule has 0 saturated heterocycles. The lowest BCUT2D eigenvalue weighted by atomic mass is 9.91. The molecule has 0 aliphatic carbocycles. The van der Waals surface area contributed by atoms with Crippen molar-refractivity contribution >= 4 is 23.1 Å². The largest absolute Gasteiger partial charge is 0.460 e. The zero-order chi connectivity index (χ0) is 15.9. The highest BCUT2D eigenvalue weighted by molar-refractivity contribution is 7.80. The number of halogens is 1. The number of rotatable bonds is 1. The van der Waals surface area contributed by atoms with Crippen LogP contribution in [0.3, 0.4) is 0 Å². The van der Waals surface area contributed by atoms with Gasteiger partial charge in [0.2, 0.25) is 0 Å². The maximum atomic E-state index is 14.4. The molecular formula is C17H13FN2OS. The van der Waals surface area contributed by atoms with E-state index in [4.69, 9.17) is 22.2 Å². The van der Waals surface area contributed by atoms with Crippen LogP contribution in [-0.4, -0.2) is 5.17 Å². The number of benzene rings is 2. The van der Waals surface area contributed by atoms with E-state index >= 15 is 0 Å². The van der Waals surface area contributed by atoms with Gasteiger partial charge in [0.05, 0.1) is 5.56 Å². The summed E-state index contributed by atoms with van der Waals surface area (Å²) in [5, 5.41) is 12.3. The van der Waals surface area contributed by atoms with Gasteiger partial charge in [-0.15, -0.1) is 0 Å². The molecule has 2 aromatic rings. The molecule has 3 nitrogen and oxygen atoms in total. The fraction of sp³-hybridized carbons (Fsp3) is 0.176. The van der Waals surface area contributed by atoms with Gasteiger partial charge in [-0.25, -0.2) is 4.39 Å². The van der Waals surface area contributed by atoms with E-state index in [0.717, 1.165) is 11.3 Å². The van der Waals surface area contributed by atoms with Crippen LogP contribution in [0.4, 0.5) is 10.1 Å². The second-order valence-electron chi connectivity index (χ2n) is 5.56. The zero-order valence-electron chi connectivity index (χ0n) is 12.1. The van der Waals surface area contributed by atoms with E-state index in [1.807, 2.05) is 32.0 Å². The summed E-state index contributed by atoms with van der Waals surface area (Å²) in [6.45, 7) is 3.82. The van der Waals surface area contributed by atoms with E-state index in [1.165, 1.54) is 6.07 Å². The molecule has 0 radical (unpaired) electrons. The summed E-state index contributed by atoms with van der Waals surface area (Å²) in [7, 11) is 0. The van der Waals surface area contributed by atoms with Gasteiger partial charge in [-0.2, -0.15) is 5.26 Å². The molecule has 1 aliphatic heterocycles. The first-order chi connectivity index (χ1) is 10.4. The number of nitriles is 1. The Morgan fingerprint density at radius 3 is 2.77 bits per heavy atom. The van der Waals surface area contributed by atoms with Crippen LogP contribution >= 0.6 is 12.2 Å². The lowest BCUT2D eigenvalue weighted by molar-refractivity contribution is 0.0947. The standard InChI is InChI=1S/C17H13FN2OS/c1-17(2)13-8-10(6-7-14(13)20-16(22)21-17)12-5-3-4-11(9-19)15(12)18/h3-8H,1-2H3,(H,20,22). The van der Waals surface area contributed by atoms with Crippen molar-refractivity contribution in [2.45, 2.75) is 19.4 Å². The van der Waals surface area contributed by atoms with Crippen LogP contribution in [0.5, 0.6) is 0 Å². The molecule has 22 heavy (non-hydrogen) atoms. The molecule has 0 amide bonds. The van der Waals surface area contributed by atoms with E-state index in [1.54, 1.807) is 18.2 Å². The normalized spacial score (nSPS) is 15.3. The van der Waals surface area contributed by atoms with E-state index in [0.29, 0.717) is 16.3 Å². The van der Waals surface area contributed by atoms with Gasteiger partial charge in [-0.05, 0) is 49.8 Å². The van der Waals surface area contributed by atoms with Crippen LogP contribution < -0.4 is 5.32 Å². The fourth-order valence-electron chi connectivity index (χ4n) is 2.58. The summed E-state index contributed by atoms with van der Waals surface area (Å²) in [5.74, 6) is -0.511. The molecule has 1 aliphatic rings. The number of hydrogen-bond donors (Lipinski definition) is 1. The number of ether oxygens (including phenoxy) is 1. The van der Waals surface area contributed by atoms with Crippen molar-refractivity contribution in [1.29, 1.82) is 5.26 Å². The molecule has 3 rings (SSSR count). The van der Waals surface area contributed by atoms with Crippen molar-refractivity contribution in [3.8, 4) is 17.2 Å². The smallest absolute Gasteiger partial charge is 0.262 e. The molecule has 110 valence electrons. The highest BCUT2D eigenvalue weighted by Crippen LogP contribution is 2.38. The highest BCUT2D eigenvalue weighted by atomic mass is 32.1. The number of nitrogens with one attached hydrogen (secondary N) is 1. The van der Waals surface area contributed by atoms with Gasteiger partial charge >= 0.3 is 0 Å². The molecule has 0 aromatic heterocycles. The molecule has 0 unspecified atom stereocenters. The summed E-state index contributed by atoms with van der Waals surface area (Å²) < 4.78 is 20.0. The van der Waals surface area contributed by atoms with E-state index < -0.39 is 11.4 Å². The van der Waals surface area contributed by atoms with E-state index in [-0.39, 0.29) is 5.56 Å². The van der Waals surface area contributed by atoms with Crippen molar-refractivity contribution in [3.63, 3.8) is 0 Å². The Morgan fingerprint density at radius 1 is 1.27 bits per heavy atom. The number of fused-ring (bicyclic) bond motifs is 1. The SMILES string of the molecule is CC1(C)OC(=S)Nc2ccc(-c3cccc(C#N)c3F)cc21. The predicted octanol–water partition coefficient (Wildman–Crippen LogP) is 4.33. The highest BCUT2D eigenvalue weighted by Gasteiger charge is 2.32. The Hall–Kier alpha value is -2.45. The number of thiocarbonyl (C=S) groups is 1. The third-order valence-corrected chi connectivity index (χ3v) is 3.87. The van der Waals surface area contributed by atoms with Gasteiger partial charge in [0, 0.05) is 16.8 Å².